The van der Waals surface area contributed by atoms with Crippen molar-refractivity contribution in [3.8, 4) is 0 Å². The number of fused-ring (bicyclic) bond motifs is 9. The molecule has 8 heteroatoms. The van der Waals surface area contributed by atoms with Crippen LogP contribution in [0.15, 0.2) is 58.4 Å². The van der Waals surface area contributed by atoms with Gasteiger partial charge in [-0.15, -0.1) is 11.8 Å². The fraction of sp³-hybridized carbons (Fsp3) is 0.346. The summed E-state index contributed by atoms with van der Waals surface area (Å²) < 4.78 is 13.5. The van der Waals surface area contributed by atoms with Crippen LogP contribution in [0.1, 0.15) is 28.3 Å². The Bertz CT molecular complexity index is 1410. The van der Waals surface area contributed by atoms with Crippen LogP contribution in [0.5, 0.6) is 0 Å². The number of aromatic nitrogens is 1. The maximum Gasteiger partial charge on any atom is 0.305 e. The van der Waals surface area contributed by atoms with Crippen molar-refractivity contribution in [2.75, 3.05) is 4.90 Å². The zero-order chi connectivity index (χ0) is 23.3. The number of rotatable bonds is 2. The average molecular weight is 493 g/mol. The maximum absolute atomic E-state index is 13.7. The molecule has 1 N–H and O–H groups in total. The van der Waals surface area contributed by atoms with Crippen molar-refractivity contribution in [2.45, 2.75) is 29.5 Å². The number of thiazole rings is 1. The van der Waals surface area contributed by atoms with Gasteiger partial charge in [-0.3, -0.25) is 19.3 Å². The third-order valence-electron chi connectivity index (χ3n) is 8.33. The summed E-state index contributed by atoms with van der Waals surface area (Å²) >= 11 is 2.96. The topological polar surface area (TPSA) is 70.2 Å². The number of amides is 2. The predicted octanol–water partition coefficient (Wildman–Crippen LogP) is 4.56. The van der Waals surface area contributed by atoms with Crippen LogP contribution in [0.4, 0.5) is 10.1 Å². The molecule has 0 radical (unpaired) electrons. The first-order valence-corrected chi connectivity index (χ1v) is 13.2. The van der Waals surface area contributed by atoms with Gasteiger partial charge in [0, 0.05) is 16.0 Å². The number of halogens is 1. The molecule has 3 aromatic rings. The average Bonchev–Trinajstić information content (AvgIpc) is 3.54. The zero-order valence-corrected chi connectivity index (χ0v) is 19.9. The first-order valence-electron chi connectivity index (χ1n) is 11.5. The molecule has 2 aliphatic heterocycles. The molecule has 2 bridgehead atoms. The highest BCUT2D eigenvalue weighted by Gasteiger charge is 2.69. The number of carbonyl (C=O) groups is 2. The minimum atomic E-state index is -0.397. The summed E-state index contributed by atoms with van der Waals surface area (Å²) in [7, 11) is 0. The molecule has 34 heavy (non-hydrogen) atoms. The Hall–Kier alpha value is -2.71. The van der Waals surface area contributed by atoms with E-state index in [-0.39, 0.29) is 57.4 Å². The third-order valence-corrected chi connectivity index (χ3v) is 10.9. The Balaban J connectivity index is 1.34. The molecule has 5 unspecified atom stereocenters. The van der Waals surface area contributed by atoms with E-state index < -0.39 is 5.82 Å². The first kappa shape index (κ1) is 20.6. The number of H-pyrrole nitrogens is 1. The number of hydrogen-bond donors (Lipinski definition) is 1. The molecule has 1 aromatic heterocycles. The van der Waals surface area contributed by atoms with Gasteiger partial charge in [0.1, 0.15) is 5.82 Å². The molecule has 3 fully saturated rings. The van der Waals surface area contributed by atoms with E-state index in [1.807, 2.05) is 12.1 Å². The number of anilines is 1. The lowest BCUT2D eigenvalue weighted by molar-refractivity contribution is -0.123. The van der Waals surface area contributed by atoms with Crippen LogP contribution >= 0.6 is 23.1 Å². The van der Waals surface area contributed by atoms with Crippen molar-refractivity contribution >= 4 is 40.6 Å². The van der Waals surface area contributed by atoms with Gasteiger partial charge in [-0.05, 0) is 66.5 Å². The van der Waals surface area contributed by atoms with E-state index in [2.05, 4.69) is 24.0 Å². The number of thioether (sulfide) groups is 1. The zero-order valence-electron chi connectivity index (χ0n) is 18.2. The van der Waals surface area contributed by atoms with Gasteiger partial charge < -0.3 is 4.98 Å². The summed E-state index contributed by atoms with van der Waals surface area (Å²) in [6.45, 7) is 2.09. The van der Waals surface area contributed by atoms with Crippen molar-refractivity contribution in [1.82, 2.24) is 4.98 Å². The van der Waals surface area contributed by atoms with Gasteiger partial charge in [0.2, 0.25) is 11.8 Å². The highest BCUT2D eigenvalue weighted by molar-refractivity contribution is 8.00. The lowest BCUT2D eigenvalue weighted by Crippen LogP contribution is -2.42. The molecule has 172 valence electrons. The molecular formula is C26H21FN2O3S2. The predicted molar refractivity (Wildman–Crippen MR) is 129 cm³/mol. The summed E-state index contributed by atoms with van der Waals surface area (Å²) in [5, 5.41) is 1.08. The Morgan fingerprint density at radius 1 is 0.971 bits per heavy atom. The van der Waals surface area contributed by atoms with Gasteiger partial charge in [0.05, 0.1) is 22.5 Å². The largest absolute Gasteiger partial charge is 0.307 e. The molecule has 2 amide bonds. The van der Waals surface area contributed by atoms with Crippen LogP contribution in [-0.2, 0) is 9.59 Å². The molecule has 2 saturated carbocycles. The molecule has 7 atom stereocenters. The minimum absolute atomic E-state index is 0.0325. The Morgan fingerprint density at radius 3 is 2.41 bits per heavy atom. The normalized spacial score (nSPS) is 33.2. The number of nitrogens with one attached hydrogen (secondary N) is 1. The fourth-order valence-electron chi connectivity index (χ4n) is 7.15. The van der Waals surface area contributed by atoms with Crippen molar-refractivity contribution < 1.29 is 14.0 Å². The molecule has 7 rings (SSSR count). The van der Waals surface area contributed by atoms with E-state index in [0.717, 1.165) is 16.3 Å². The van der Waals surface area contributed by atoms with Gasteiger partial charge in [-0.2, -0.15) is 0 Å². The summed E-state index contributed by atoms with van der Waals surface area (Å²) in [6, 6.07) is 13.9. The van der Waals surface area contributed by atoms with Crippen molar-refractivity contribution in [1.29, 1.82) is 0 Å². The minimum Gasteiger partial charge on any atom is -0.307 e. The number of hydrogen-bond acceptors (Lipinski definition) is 5. The molecule has 3 heterocycles. The van der Waals surface area contributed by atoms with Crippen molar-refractivity contribution in [3.05, 3.63) is 80.0 Å². The molecule has 1 saturated heterocycles. The van der Waals surface area contributed by atoms with E-state index in [1.54, 1.807) is 11.8 Å². The Morgan fingerprint density at radius 2 is 1.68 bits per heavy atom. The summed E-state index contributed by atoms with van der Waals surface area (Å²) in [4.78, 5) is 44.9. The number of aryl methyl sites for hydroxylation is 1. The molecular weight excluding hydrogens is 471 g/mol. The maximum atomic E-state index is 13.7. The first-order chi connectivity index (χ1) is 16.4. The van der Waals surface area contributed by atoms with E-state index in [0.29, 0.717) is 5.69 Å². The van der Waals surface area contributed by atoms with E-state index in [1.165, 1.54) is 51.6 Å². The number of carbonyl (C=O) groups excluding carboxylic acids is 2. The molecule has 2 aliphatic carbocycles. The second-order valence-corrected chi connectivity index (χ2v) is 12.0. The van der Waals surface area contributed by atoms with Gasteiger partial charge in [0.15, 0.2) is 0 Å². The van der Waals surface area contributed by atoms with Gasteiger partial charge in [-0.25, -0.2) is 4.39 Å². The van der Waals surface area contributed by atoms with Crippen molar-refractivity contribution in [2.24, 2.45) is 29.6 Å². The number of aromatic amines is 1. The lowest BCUT2D eigenvalue weighted by Gasteiger charge is -2.43. The molecule has 5 nitrogen and oxygen atoms in total. The second kappa shape index (κ2) is 7.15. The smallest absolute Gasteiger partial charge is 0.305 e. The highest BCUT2D eigenvalue weighted by atomic mass is 32.2. The van der Waals surface area contributed by atoms with E-state index >= 15 is 0 Å². The Labute approximate surface area is 203 Å². The van der Waals surface area contributed by atoms with Gasteiger partial charge >= 0.3 is 4.87 Å². The van der Waals surface area contributed by atoms with Crippen molar-refractivity contribution in [3.63, 3.8) is 0 Å². The van der Waals surface area contributed by atoms with Crippen LogP contribution in [0.3, 0.4) is 0 Å². The van der Waals surface area contributed by atoms with E-state index in [4.69, 9.17) is 0 Å². The fourth-order valence-corrected chi connectivity index (χ4v) is 10.0. The quantitative estimate of drug-likeness (QED) is 0.533. The number of benzene rings is 2. The van der Waals surface area contributed by atoms with Gasteiger partial charge in [0.25, 0.3) is 0 Å². The SMILES string of the molecule is Cc1ccccc1C1c2sc(=O)[nH]c2SC2C1[C@H]1C[C@@H]2C2C(=O)N(c3ccc(F)cc3)C(=O)C21. The number of imide groups is 1. The summed E-state index contributed by atoms with van der Waals surface area (Å²) in [5.74, 6) is -1.05. The Kier molecular flexibility index (Phi) is 4.34. The monoisotopic (exact) mass is 492 g/mol. The molecule has 0 spiro atoms. The van der Waals surface area contributed by atoms with Crippen LogP contribution < -0.4 is 9.77 Å². The third kappa shape index (κ3) is 2.64. The lowest BCUT2D eigenvalue weighted by atomic mass is 9.67. The molecule has 4 aliphatic rings. The summed E-state index contributed by atoms with van der Waals surface area (Å²) in [5.41, 5.74) is 2.82. The second-order valence-electron chi connectivity index (χ2n) is 9.81. The highest BCUT2D eigenvalue weighted by Crippen LogP contribution is 2.68. The van der Waals surface area contributed by atoms with Crippen LogP contribution in [-0.4, -0.2) is 22.0 Å². The van der Waals surface area contributed by atoms with Gasteiger partial charge in [-0.1, -0.05) is 35.6 Å². The summed E-state index contributed by atoms with van der Waals surface area (Å²) in [6.07, 6.45) is 0.855. The van der Waals surface area contributed by atoms with Crippen LogP contribution in [0.2, 0.25) is 0 Å². The standard InChI is InChI=1S/C26H21FN2O3S2/c1-11-4-2-3-5-14(11)17-18-15-10-16(21(18)33-23-22(17)34-26(32)28-23)20-19(15)24(30)29(25(20)31)13-8-6-12(27)7-9-13/h2-9,15-21H,10H2,1H3,(H,28,32)/t15-,16-,17?,18?,19?,20?,21?/m1/s1. The van der Waals surface area contributed by atoms with E-state index in [9.17, 15) is 18.8 Å². The number of nitrogens with zero attached hydrogens (tertiary/aromatic N) is 1. The van der Waals surface area contributed by atoms with Crippen LogP contribution in [0, 0.1) is 42.3 Å². The molecule has 2 aromatic carbocycles. The van der Waals surface area contributed by atoms with Crippen LogP contribution in [0.25, 0.3) is 0 Å².